The zero-order valence-corrected chi connectivity index (χ0v) is 9.23. The predicted octanol–water partition coefficient (Wildman–Crippen LogP) is 3.54. The summed E-state index contributed by atoms with van der Waals surface area (Å²) in [7, 11) is 0. The Morgan fingerprint density at radius 1 is 0.786 bits per heavy atom. The van der Waals surface area contributed by atoms with Gasteiger partial charge in [-0.15, -0.1) is 0 Å². The molecule has 0 spiro atoms. The second kappa shape index (κ2) is 4.97. The SMILES string of the molecule is NC1CCCC(=C2CCCCCC2)C1. The smallest absolute Gasteiger partial charge is 0.00762 e. The lowest BCUT2D eigenvalue weighted by molar-refractivity contribution is 0.509. The fraction of sp³-hybridized carbons (Fsp3) is 0.846. The highest BCUT2D eigenvalue weighted by atomic mass is 14.6. The van der Waals surface area contributed by atoms with Crippen LogP contribution in [0.15, 0.2) is 11.1 Å². The zero-order valence-electron chi connectivity index (χ0n) is 9.23. The van der Waals surface area contributed by atoms with E-state index in [9.17, 15) is 0 Å². The van der Waals surface area contributed by atoms with Crippen LogP contribution in [0.1, 0.15) is 64.2 Å². The molecule has 0 aromatic carbocycles. The minimum Gasteiger partial charge on any atom is -0.327 e. The van der Waals surface area contributed by atoms with E-state index in [0.29, 0.717) is 6.04 Å². The molecule has 2 saturated carbocycles. The Morgan fingerprint density at radius 3 is 2.07 bits per heavy atom. The largest absolute Gasteiger partial charge is 0.327 e. The maximum absolute atomic E-state index is 6.04. The first-order valence-corrected chi connectivity index (χ1v) is 6.31. The molecule has 2 aliphatic rings. The summed E-state index contributed by atoms with van der Waals surface area (Å²) in [5, 5.41) is 0. The minimum absolute atomic E-state index is 0.467. The molecule has 0 saturated heterocycles. The summed E-state index contributed by atoms with van der Waals surface area (Å²) in [4.78, 5) is 0. The molecule has 0 bridgehead atoms. The van der Waals surface area contributed by atoms with Crippen molar-refractivity contribution in [3.63, 3.8) is 0 Å². The average Bonchev–Trinajstić information content (AvgIpc) is 2.45. The van der Waals surface area contributed by atoms with Crippen molar-refractivity contribution < 1.29 is 0 Å². The van der Waals surface area contributed by atoms with Crippen LogP contribution in [0.25, 0.3) is 0 Å². The molecule has 2 rings (SSSR count). The molecule has 80 valence electrons. The van der Waals surface area contributed by atoms with Crippen LogP contribution in [0, 0.1) is 0 Å². The van der Waals surface area contributed by atoms with Crippen molar-refractivity contribution >= 4 is 0 Å². The quantitative estimate of drug-likeness (QED) is 0.462. The molecule has 1 heteroatoms. The molecule has 1 atom stereocenters. The lowest BCUT2D eigenvalue weighted by Crippen LogP contribution is -2.24. The van der Waals surface area contributed by atoms with E-state index >= 15 is 0 Å². The van der Waals surface area contributed by atoms with Crippen LogP contribution in [0.5, 0.6) is 0 Å². The van der Waals surface area contributed by atoms with Crippen molar-refractivity contribution in [2.45, 2.75) is 70.3 Å². The Kier molecular flexibility index (Phi) is 3.63. The van der Waals surface area contributed by atoms with Crippen LogP contribution in [0.4, 0.5) is 0 Å². The Labute approximate surface area is 87.8 Å². The molecule has 0 heterocycles. The Morgan fingerprint density at radius 2 is 1.43 bits per heavy atom. The van der Waals surface area contributed by atoms with Crippen LogP contribution in [0.2, 0.25) is 0 Å². The summed E-state index contributed by atoms with van der Waals surface area (Å²) in [6, 6.07) is 0.467. The molecule has 1 unspecified atom stereocenters. The van der Waals surface area contributed by atoms with E-state index < -0.39 is 0 Å². The number of allylic oxidation sites excluding steroid dienone is 1. The molecular weight excluding hydrogens is 170 g/mol. The molecule has 14 heavy (non-hydrogen) atoms. The molecule has 2 fully saturated rings. The van der Waals surface area contributed by atoms with Gasteiger partial charge in [0.05, 0.1) is 0 Å². The van der Waals surface area contributed by atoms with Gasteiger partial charge in [-0.25, -0.2) is 0 Å². The third-order valence-electron chi connectivity index (χ3n) is 3.77. The van der Waals surface area contributed by atoms with E-state index in [4.69, 9.17) is 5.73 Å². The highest BCUT2D eigenvalue weighted by Crippen LogP contribution is 2.32. The van der Waals surface area contributed by atoms with Gasteiger partial charge in [0.25, 0.3) is 0 Å². The lowest BCUT2D eigenvalue weighted by Gasteiger charge is -2.23. The standard InChI is InChI=1S/C13H23N/c14-13-9-5-8-12(10-13)11-6-3-1-2-4-7-11/h13H,1-10,14H2. The van der Waals surface area contributed by atoms with Gasteiger partial charge in [-0.05, 0) is 51.4 Å². The second-order valence-corrected chi connectivity index (χ2v) is 4.98. The summed E-state index contributed by atoms with van der Waals surface area (Å²) >= 11 is 0. The summed E-state index contributed by atoms with van der Waals surface area (Å²) in [6.07, 6.45) is 13.6. The van der Waals surface area contributed by atoms with Gasteiger partial charge in [-0.1, -0.05) is 24.0 Å². The van der Waals surface area contributed by atoms with Crippen LogP contribution >= 0.6 is 0 Å². The van der Waals surface area contributed by atoms with Gasteiger partial charge in [-0.3, -0.25) is 0 Å². The highest BCUT2D eigenvalue weighted by Gasteiger charge is 2.17. The fourth-order valence-electron chi connectivity index (χ4n) is 2.93. The topological polar surface area (TPSA) is 26.0 Å². The first kappa shape index (κ1) is 10.2. The van der Waals surface area contributed by atoms with Crippen molar-refractivity contribution in [1.29, 1.82) is 0 Å². The Balaban J connectivity index is 2.03. The molecule has 0 aromatic heterocycles. The number of hydrogen-bond acceptors (Lipinski definition) is 1. The monoisotopic (exact) mass is 193 g/mol. The van der Waals surface area contributed by atoms with Crippen molar-refractivity contribution in [2.75, 3.05) is 0 Å². The predicted molar refractivity (Wildman–Crippen MR) is 61.2 cm³/mol. The first-order chi connectivity index (χ1) is 6.86. The maximum atomic E-state index is 6.04. The van der Waals surface area contributed by atoms with E-state index in [1.807, 2.05) is 0 Å². The number of hydrogen-bond donors (Lipinski definition) is 1. The molecular formula is C13H23N. The molecule has 2 aliphatic carbocycles. The summed E-state index contributed by atoms with van der Waals surface area (Å²) < 4.78 is 0. The normalized spacial score (nSPS) is 30.2. The van der Waals surface area contributed by atoms with Crippen molar-refractivity contribution in [1.82, 2.24) is 0 Å². The molecule has 0 amide bonds. The van der Waals surface area contributed by atoms with Crippen molar-refractivity contribution in [3.05, 3.63) is 11.1 Å². The van der Waals surface area contributed by atoms with Gasteiger partial charge >= 0.3 is 0 Å². The first-order valence-electron chi connectivity index (χ1n) is 6.31. The third kappa shape index (κ3) is 2.60. The van der Waals surface area contributed by atoms with Gasteiger partial charge in [0.15, 0.2) is 0 Å². The molecule has 0 aliphatic heterocycles. The van der Waals surface area contributed by atoms with Gasteiger partial charge < -0.3 is 5.73 Å². The average molecular weight is 193 g/mol. The van der Waals surface area contributed by atoms with Crippen LogP contribution < -0.4 is 5.73 Å². The summed E-state index contributed by atoms with van der Waals surface area (Å²) in [6.45, 7) is 0. The maximum Gasteiger partial charge on any atom is 0.00762 e. The van der Waals surface area contributed by atoms with E-state index in [1.54, 1.807) is 11.1 Å². The van der Waals surface area contributed by atoms with E-state index in [2.05, 4.69) is 0 Å². The van der Waals surface area contributed by atoms with Gasteiger partial charge in [0, 0.05) is 6.04 Å². The van der Waals surface area contributed by atoms with Crippen LogP contribution in [-0.2, 0) is 0 Å². The third-order valence-corrected chi connectivity index (χ3v) is 3.77. The van der Waals surface area contributed by atoms with Crippen LogP contribution in [-0.4, -0.2) is 6.04 Å². The van der Waals surface area contributed by atoms with E-state index in [-0.39, 0.29) is 0 Å². The molecule has 0 radical (unpaired) electrons. The Hall–Kier alpha value is -0.300. The molecule has 0 aromatic rings. The fourth-order valence-corrected chi connectivity index (χ4v) is 2.93. The van der Waals surface area contributed by atoms with Gasteiger partial charge in [-0.2, -0.15) is 0 Å². The summed E-state index contributed by atoms with van der Waals surface area (Å²) in [5.74, 6) is 0. The number of nitrogens with two attached hydrogens (primary N) is 1. The molecule has 1 nitrogen and oxygen atoms in total. The number of rotatable bonds is 0. The summed E-state index contributed by atoms with van der Waals surface area (Å²) in [5.41, 5.74) is 9.57. The van der Waals surface area contributed by atoms with Gasteiger partial charge in [0.1, 0.15) is 0 Å². The van der Waals surface area contributed by atoms with E-state index in [0.717, 1.165) is 0 Å². The highest BCUT2D eigenvalue weighted by molar-refractivity contribution is 5.18. The van der Waals surface area contributed by atoms with Crippen LogP contribution in [0.3, 0.4) is 0 Å². The zero-order chi connectivity index (χ0) is 9.80. The Bertz CT molecular complexity index is 207. The van der Waals surface area contributed by atoms with Crippen molar-refractivity contribution in [3.8, 4) is 0 Å². The minimum atomic E-state index is 0.467. The van der Waals surface area contributed by atoms with E-state index in [1.165, 1.54) is 64.2 Å². The lowest BCUT2D eigenvalue weighted by atomic mass is 9.86. The second-order valence-electron chi connectivity index (χ2n) is 4.98. The molecule has 2 N–H and O–H groups in total. The van der Waals surface area contributed by atoms with Crippen molar-refractivity contribution in [2.24, 2.45) is 5.73 Å². The van der Waals surface area contributed by atoms with Gasteiger partial charge in [0.2, 0.25) is 0 Å².